The van der Waals surface area contributed by atoms with Gasteiger partial charge in [0, 0.05) is 12.6 Å². The Morgan fingerprint density at radius 3 is 2.67 bits per heavy atom. The van der Waals surface area contributed by atoms with Crippen LogP contribution in [0.15, 0.2) is 23.1 Å². The molecule has 1 aliphatic rings. The highest BCUT2D eigenvalue weighted by atomic mass is 35.5. The summed E-state index contributed by atoms with van der Waals surface area (Å²) in [4.78, 5) is 0.170. The van der Waals surface area contributed by atoms with Crippen molar-refractivity contribution >= 4 is 21.6 Å². The molecule has 0 radical (unpaired) electrons. The topological polar surface area (TPSA) is 58.2 Å². The van der Waals surface area contributed by atoms with Crippen molar-refractivity contribution in [2.75, 3.05) is 7.05 Å². The molecule has 0 saturated heterocycles. The first-order valence-electron chi connectivity index (χ1n) is 5.98. The van der Waals surface area contributed by atoms with Gasteiger partial charge in [0.25, 0.3) is 0 Å². The van der Waals surface area contributed by atoms with E-state index >= 15 is 0 Å². The summed E-state index contributed by atoms with van der Waals surface area (Å²) in [7, 11) is -1.69. The van der Waals surface area contributed by atoms with Gasteiger partial charge in [-0.05, 0) is 37.6 Å². The Hall–Kier alpha value is -0.620. The molecule has 1 aromatic carbocycles. The van der Waals surface area contributed by atoms with Crippen molar-refractivity contribution in [3.8, 4) is 0 Å². The van der Waals surface area contributed by atoms with Crippen LogP contribution >= 0.6 is 11.6 Å². The first kappa shape index (κ1) is 13.8. The Kier molecular flexibility index (Phi) is 4.27. The fourth-order valence-electron chi connectivity index (χ4n) is 1.88. The average molecular weight is 289 g/mol. The van der Waals surface area contributed by atoms with Crippen molar-refractivity contribution in [1.82, 2.24) is 10.0 Å². The van der Waals surface area contributed by atoms with Crippen LogP contribution in [0.3, 0.4) is 0 Å². The molecule has 0 atom stereocenters. The molecule has 18 heavy (non-hydrogen) atoms. The SMILES string of the molecule is CNCc1ccc(Cl)c(S(=O)(=O)NC2CCC2)c1. The Morgan fingerprint density at radius 2 is 2.11 bits per heavy atom. The fourth-order valence-corrected chi connectivity index (χ4v) is 3.73. The summed E-state index contributed by atoms with van der Waals surface area (Å²) in [6.07, 6.45) is 2.90. The molecule has 0 aromatic heterocycles. The molecule has 4 nitrogen and oxygen atoms in total. The van der Waals surface area contributed by atoms with E-state index in [1.807, 2.05) is 13.1 Å². The lowest BCUT2D eigenvalue weighted by Crippen LogP contribution is -2.39. The third-order valence-corrected chi connectivity index (χ3v) is 5.10. The van der Waals surface area contributed by atoms with E-state index in [2.05, 4.69) is 10.0 Å². The Morgan fingerprint density at radius 1 is 1.39 bits per heavy atom. The Bertz CT molecular complexity index is 527. The van der Waals surface area contributed by atoms with E-state index < -0.39 is 10.0 Å². The first-order chi connectivity index (χ1) is 8.53. The number of sulfonamides is 1. The molecule has 0 heterocycles. The first-order valence-corrected chi connectivity index (χ1v) is 7.84. The number of hydrogen-bond donors (Lipinski definition) is 2. The molecule has 0 spiro atoms. The van der Waals surface area contributed by atoms with Gasteiger partial charge in [-0.25, -0.2) is 13.1 Å². The predicted molar refractivity (Wildman–Crippen MR) is 72.2 cm³/mol. The lowest BCUT2D eigenvalue weighted by molar-refractivity contribution is 0.383. The van der Waals surface area contributed by atoms with Gasteiger partial charge in [-0.15, -0.1) is 0 Å². The third-order valence-electron chi connectivity index (χ3n) is 3.09. The highest BCUT2D eigenvalue weighted by Gasteiger charge is 2.26. The summed E-state index contributed by atoms with van der Waals surface area (Å²) in [5.41, 5.74) is 0.899. The molecule has 0 unspecified atom stereocenters. The molecular formula is C12H17ClN2O2S. The highest BCUT2D eigenvalue weighted by Crippen LogP contribution is 2.26. The van der Waals surface area contributed by atoms with Gasteiger partial charge in [-0.2, -0.15) is 0 Å². The van der Waals surface area contributed by atoms with Gasteiger partial charge in [0.1, 0.15) is 4.90 Å². The summed E-state index contributed by atoms with van der Waals surface area (Å²) in [6.45, 7) is 0.614. The molecule has 0 amide bonds. The standard InChI is InChI=1S/C12H17ClN2O2S/c1-14-8-9-5-6-11(13)12(7-9)18(16,17)15-10-3-2-4-10/h5-7,10,14-15H,2-4,8H2,1H3. The zero-order valence-corrected chi connectivity index (χ0v) is 11.8. The Balaban J connectivity index is 2.26. The van der Waals surface area contributed by atoms with E-state index in [4.69, 9.17) is 11.6 Å². The van der Waals surface area contributed by atoms with Gasteiger partial charge in [-0.3, -0.25) is 0 Å². The van der Waals surface area contributed by atoms with Crippen LogP contribution in [0, 0.1) is 0 Å². The van der Waals surface area contributed by atoms with Crippen molar-refractivity contribution in [2.24, 2.45) is 0 Å². The largest absolute Gasteiger partial charge is 0.316 e. The lowest BCUT2D eigenvalue weighted by atomic mass is 9.94. The molecule has 100 valence electrons. The quantitative estimate of drug-likeness (QED) is 0.870. The van der Waals surface area contributed by atoms with Crippen LogP contribution in [0.1, 0.15) is 24.8 Å². The van der Waals surface area contributed by atoms with Crippen LogP contribution in [0.4, 0.5) is 0 Å². The van der Waals surface area contributed by atoms with Crippen molar-refractivity contribution in [3.05, 3.63) is 28.8 Å². The fraction of sp³-hybridized carbons (Fsp3) is 0.500. The normalized spacial score (nSPS) is 16.6. The van der Waals surface area contributed by atoms with E-state index in [1.165, 1.54) is 0 Å². The van der Waals surface area contributed by atoms with Crippen LogP contribution in [0.2, 0.25) is 5.02 Å². The van der Waals surface area contributed by atoms with Crippen LogP contribution in [-0.4, -0.2) is 21.5 Å². The van der Waals surface area contributed by atoms with Crippen molar-refractivity contribution < 1.29 is 8.42 Å². The smallest absolute Gasteiger partial charge is 0.242 e. The zero-order valence-electron chi connectivity index (χ0n) is 10.2. The summed E-state index contributed by atoms with van der Waals surface area (Å²) in [5.74, 6) is 0. The molecular weight excluding hydrogens is 272 g/mol. The van der Waals surface area contributed by atoms with Gasteiger partial charge in [-0.1, -0.05) is 24.1 Å². The number of halogens is 1. The van der Waals surface area contributed by atoms with Gasteiger partial charge in [0.15, 0.2) is 0 Å². The van der Waals surface area contributed by atoms with Crippen LogP contribution in [-0.2, 0) is 16.6 Å². The lowest BCUT2D eigenvalue weighted by Gasteiger charge is -2.26. The Labute approximate surface area is 113 Å². The van der Waals surface area contributed by atoms with Crippen molar-refractivity contribution in [2.45, 2.75) is 36.7 Å². The van der Waals surface area contributed by atoms with Crippen LogP contribution in [0.25, 0.3) is 0 Å². The zero-order chi connectivity index (χ0) is 13.2. The van der Waals surface area contributed by atoms with Gasteiger partial charge < -0.3 is 5.32 Å². The van der Waals surface area contributed by atoms with Gasteiger partial charge in [0.2, 0.25) is 10.0 Å². The second-order valence-electron chi connectivity index (χ2n) is 4.54. The highest BCUT2D eigenvalue weighted by molar-refractivity contribution is 7.89. The maximum Gasteiger partial charge on any atom is 0.242 e. The van der Waals surface area contributed by atoms with Crippen LogP contribution < -0.4 is 10.0 Å². The van der Waals surface area contributed by atoms with E-state index in [9.17, 15) is 8.42 Å². The summed E-state index contributed by atoms with van der Waals surface area (Å²) >= 11 is 5.99. The molecule has 1 fully saturated rings. The van der Waals surface area contributed by atoms with Crippen molar-refractivity contribution in [1.29, 1.82) is 0 Å². The minimum absolute atomic E-state index is 0.0685. The van der Waals surface area contributed by atoms with E-state index in [1.54, 1.807) is 12.1 Å². The van der Waals surface area contributed by atoms with Crippen LogP contribution in [0.5, 0.6) is 0 Å². The molecule has 1 aromatic rings. The molecule has 6 heteroatoms. The monoisotopic (exact) mass is 288 g/mol. The number of benzene rings is 1. The van der Waals surface area contributed by atoms with E-state index in [-0.39, 0.29) is 16.0 Å². The maximum atomic E-state index is 12.2. The maximum absolute atomic E-state index is 12.2. The summed E-state index contributed by atoms with van der Waals surface area (Å²) in [6, 6.07) is 5.14. The molecule has 0 bridgehead atoms. The average Bonchev–Trinajstić information content (AvgIpc) is 2.27. The minimum atomic E-state index is -3.50. The van der Waals surface area contributed by atoms with E-state index in [0.717, 1.165) is 24.8 Å². The van der Waals surface area contributed by atoms with E-state index in [0.29, 0.717) is 6.54 Å². The molecule has 1 aliphatic carbocycles. The number of nitrogens with one attached hydrogen (secondary N) is 2. The minimum Gasteiger partial charge on any atom is -0.316 e. The number of rotatable bonds is 5. The predicted octanol–water partition coefficient (Wildman–Crippen LogP) is 1.89. The van der Waals surface area contributed by atoms with Gasteiger partial charge in [0.05, 0.1) is 5.02 Å². The third kappa shape index (κ3) is 3.03. The summed E-state index contributed by atoms with van der Waals surface area (Å²) < 4.78 is 27.1. The summed E-state index contributed by atoms with van der Waals surface area (Å²) in [5, 5.41) is 3.25. The second kappa shape index (κ2) is 5.57. The number of hydrogen-bond acceptors (Lipinski definition) is 3. The second-order valence-corrected chi connectivity index (χ2v) is 6.63. The molecule has 2 rings (SSSR count). The van der Waals surface area contributed by atoms with Crippen molar-refractivity contribution in [3.63, 3.8) is 0 Å². The molecule has 0 aliphatic heterocycles. The van der Waals surface area contributed by atoms with Gasteiger partial charge >= 0.3 is 0 Å². The molecule has 2 N–H and O–H groups in total. The molecule has 1 saturated carbocycles.